The third-order valence-electron chi connectivity index (χ3n) is 7.68. The highest BCUT2D eigenvalue weighted by atomic mass is 16.5. The largest absolute Gasteiger partial charge is 0.494 e. The van der Waals surface area contributed by atoms with E-state index >= 15 is 0 Å². The summed E-state index contributed by atoms with van der Waals surface area (Å²) in [4.78, 5) is 21.4. The van der Waals surface area contributed by atoms with Gasteiger partial charge in [0.05, 0.1) is 19.3 Å². The Kier molecular flexibility index (Phi) is 7.67. The van der Waals surface area contributed by atoms with Gasteiger partial charge in [-0.3, -0.25) is 14.6 Å². The number of fused-ring (bicyclic) bond motifs is 1. The number of piperazine rings is 1. The lowest BCUT2D eigenvalue weighted by molar-refractivity contribution is 0.0840. The van der Waals surface area contributed by atoms with E-state index in [1.807, 2.05) is 41.9 Å². The monoisotopic (exact) mass is 529 g/mol. The summed E-state index contributed by atoms with van der Waals surface area (Å²) in [5, 5.41) is 13.8. The van der Waals surface area contributed by atoms with Crippen LogP contribution < -0.4 is 10.3 Å². The van der Waals surface area contributed by atoms with Crippen LogP contribution in [0.5, 0.6) is 5.75 Å². The van der Waals surface area contributed by atoms with Crippen LogP contribution in [-0.4, -0.2) is 80.5 Å². The molecule has 2 atom stereocenters. The molecule has 0 saturated carbocycles. The molecule has 4 aromatic rings. The minimum Gasteiger partial charge on any atom is -0.494 e. The molecule has 2 fully saturated rings. The molecular formula is C29H35N7O3. The van der Waals surface area contributed by atoms with E-state index in [1.165, 1.54) is 5.56 Å². The van der Waals surface area contributed by atoms with Crippen LogP contribution >= 0.6 is 0 Å². The highest BCUT2D eigenvalue weighted by molar-refractivity contribution is 5.80. The van der Waals surface area contributed by atoms with Crippen LogP contribution in [0.1, 0.15) is 42.8 Å². The van der Waals surface area contributed by atoms with Crippen molar-refractivity contribution in [2.75, 3.05) is 39.4 Å². The van der Waals surface area contributed by atoms with Gasteiger partial charge in [0.1, 0.15) is 11.8 Å². The number of nitrogens with zero attached hydrogens (tertiary/aromatic N) is 6. The molecule has 2 aromatic heterocycles. The number of tetrazole rings is 1. The molecule has 4 heterocycles. The number of aromatic nitrogens is 5. The van der Waals surface area contributed by atoms with E-state index in [0.717, 1.165) is 68.8 Å². The molecule has 1 N–H and O–H groups in total. The minimum atomic E-state index is -0.385. The van der Waals surface area contributed by atoms with Gasteiger partial charge in [-0.15, -0.1) is 5.10 Å². The normalized spacial score (nSPS) is 19.5. The molecule has 39 heavy (non-hydrogen) atoms. The molecular weight excluding hydrogens is 494 g/mol. The topological polar surface area (TPSA) is 101 Å². The first-order valence-electron chi connectivity index (χ1n) is 13.9. The molecule has 0 spiro atoms. The molecule has 6 rings (SSSR count). The van der Waals surface area contributed by atoms with Crippen molar-refractivity contribution in [3.63, 3.8) is 0 Å². The summed E-state index contributed by atoms with van der Waals surface area (Å²) in [6.45, 7) is 8.15. The van der Waals surface area contributed by atoms with Crippen LogP contribution in [0.2, 0.25) is 0 Å². The van der Waals surface area contributed by atoms with Gasteiger partial charge in [0.15, 0.2) is 5.82 Å². The quantitative estimate of drug-likeness (QED) is 0.353. The van der Waals surface area contributed by atoms with Crippen molar-refractivity contribution in [1.29, 1.82) is 0 Å². The average molecular weight is 530 g/mol. The summed E-state index contributed by atoms with van der Waals surface area (Å²) in [7, 11) is 0. The lowest BCUT2D eigenvalue weighted by Gasteiger charge is -2.38. The highest BCUT2D eigenvalue weighted by Gasteiger charge is 2.33. The average Bonchev–Trinajstić information content (AvgIpc) is 3.64. The molecule has 0 amide bonds. The van der Waals surface area contributed by atoms with Crippen LogP contribution in [0, 0.1) is 0 Å². The zero-order valence-electron chi connectivity index (χ0n) is 22.3. The summed E-state index contributed by atoms with van der Waals surface area (Å²) in [6.07, 6.45) is 2.11. The Morgan fingerprint density at radius 1 is 1.10 bits per heavy atom. The van der Waals surface area contributed by atoms with E-state index in [2.05, 4.69) is 54.6 Å². The Morgan fingerprint density at radius 3 is 2.72 bits per heavy atom. The number of aromatic amines is 1. The maximum absolute atomic E-state index is 13.6. The van der Waals surface area contributed by atoms with Gasteiger partial charge in [0.25, 0.3) is 5.56 Å². The standard InChI is InChI=1S/C29H35N7O3/c1-2-38-23-10-11-26-22(17-23)18-25(29(37)30-26)27(28-31-32-33-36(28)20-24-9-6-16-39-24)35-14-12-34(13-15-35)19-21-7-4-3-5-8-21/h3-5,7-8,10-11,17-18,24,27H,2,6,9,12-16,19-20H2,1H3,(H,30,37)/t24-,27+/m0/s1. The van der Waals surface area contributed by atoms with E-state index in [4.69, 9.17) is 9.47 Å². The number of benzene rings is 2. The Hall–Kier alpha value is -3.60. The lowest BCUT2D eigenvalue weighted by Crippen LogP contribution is -2.48. The van der Waals surface area contributed by atoms with E-state index in [0.29, 0.717) is 24.5 Å². The van der Waals surface area contributed by atoms with Crippen molar-refractivity contribution in [2.24, 2.45) is 0 Å². The van der Waals surface area contributed by atoms with Gasteiger partial charge in [-0.05, 0) is 60.0 Å². The molecule has 0 radical (unpaired) electrons. The van der Waals surface area contributed by atoms with Crippen molar-refractivity contribution >= 4 is 10.9 Å². The Balaban J connectivity index is 1.33. The van der Waals surface area contributed by atoms with Gasteiger partial charge in [-0.1, -0.05) is 30.3 Å². The van der Waals surface area contributed by atoms with Crippen molar-refractivity contribution in [1.82, 2.24) is 35.0 Å². The zero-order valence-corrected chi connectivity index (χ0v) is 22.3. The van der Waals surface area contributed by atoms with Crippen LogP contribution in [0.15, 0.2) is 59.4 Å². The molecule has 0 aliphatic carbocycles. The van der Waals surface area contributed by atoms with Gasteiger partial charge >= 0.3 is 0 Å². The summed E-state index contributed by atoms with van der Waals surface area (Å²) < 4.78 is 13.4. The van der Waals surface area contributed by atoms with Crippen LogP contribution in [0.3, 0.4) is 0 Å². The van der Waals surface area contributed by atoms with Crippen molar-refractivity contribution in [3.8, 4) is 5.75 Å². The van der Waals surface area contributed by atoms with Gasteiger partial charge in [-0.25, -0.2) is 4.68 Å². The first-order chi connectivity index (χ1) is 19.2. The Labute approximate surface area is 227 Å². The highest BCUT2D eigenvalue weighted by Crippen LogP contribution is 2.29. The molecule has 0 unspecified atom stereocenters. The van der Waals surface area contributed by atoms with Crippen LogP contribution in [0.25, 0.3) is 10.9 Å². The number of pyridine rings is 1. The second-order valence-electron chi connectivity index (χ2n) is 10.3. The maximum Gasteiger partial charge on any atom is 0.253 e. The zero-order chi connectivity index (χ0) is 26.6. The molecule has 10 nitrogen and oxygen atoms in total. The molecule has 2 aliphatic heterocycles. The third kappa shape index (κ3) is 5.73. The number of rotatable bonds is 9. The van der Waals surface area contributed by atoms with E-state index in [1.54, 1.807) is 0 Å². The van der Waals surface area contributed by atoms with Gasteiger partial charge in [-0.2, -0.15) is 0 Å². The first kappa shape index (κ1) is 25.7. The SMILES string of the molecule is CCOc1ccc2[nH]c(=O)c([C@H](c3nnnn3C[C@@H]3CCCO3)N3CCN(Cc4ccccc4)CC3)cc2c1. The molecule has 204 valence electrons. The fourth-order valence-electron chi connectivity index (χ4n) is 5.70. The van der Waals surface area contributed by atoms with Crippen molar-refractivity contribution in [2.45, 2.75) is 45.0 Å². The molecule has 2 aliphatic rings. The molecule has 2 saturated heterocycles. The summed E-state index contributed by atoms with van der Waals surface area (Å²) in [5.41, 5.74) is 2.59. The second-order valence-corrected chi connectivity index (χ2v) is 10.3. The molecule has 10 heteroatoms. The number of hydrogen-bond acceptors (Lipinski definition) is 8. The van der Waals surface area contributed by atoms with E-state index < -0.39 is 0 Å². The second kappa shape index (κ2) is 11.6. The van der Waals surface area contributed by atoms with Crippen molar-refractivity contribution in [3.05, 3.63) is 81.9 Å². The predicted octanol–water partition coefficient (Wildman–Crippen LogP) is 3.00. The smallest absolute Gasteiger partial charge is 0.253 e. The van der Waals surface area contributed by atoms with Gasteiger partial charge in [0, 0.05) is 55.8 Å². The number of H-pyrrole nitrogens is 1. The Morgan fingerprint density at radius 2 is 1.95 bits per heavy atom. The van der Waals surface area contributed by atoms with E-state index in [9.17, 15) is 4.79 Å². The Bertz CT molecular complexity index is 1440. The first-order valence-corrected chi connectivity index (χ1v) is 13.9. The number of ether oxygens (including phenoxy) is 2. The van der Waals surface area contributed by atoms with E-state index in [-0.39, 0.29) is 17.7 Å². The summed E-state index contributed by atoms with van der Waals surface area (Å²) in [6, 6.07) is 17.9. The summed E-state index contributed by atoms with van der Waals surface area (Å²) in [5.74, 6) is 1.45. The van der Waals surface area contributed by atoms with Gasteiger partial charge < -0.3 is 14.5 Å². The fourth-order valence-corrected chi connectivity index (χ4v) is 5.70. The summed E-state index contributed by atoms with van der Waals surface area (Å²) >= 11 is 0. The lowest BCUT2D eigenvalue weighted by atomic mass is 10.0. The number of hydrogen-bond donors (Lipinski definition) is 1. The van der Waals surface area contributed by atoms with Crippen LogP contribution in [0.4, 0.5) is 0 Å². The van der Waals surface area contributed by atoms with Gasteiger partial charge in [0.2, 0.25) is 0 Å². The number of nitrogens with one attached hydrogen (secondary N) is 1. The predicted molar refractivity (Wildman–Crippen MR) is 148 cm³/mol. The molecule has 2 aromatic carbocycles. The minimum absolute atomic E-state index is 0.0826. The fraction of sp³-hybridized carbons (Fsp3) is 0.448. The maximum atomic E-state index is 13.6. The molecule has 0 bridgehead atoms. The van der Waals surface area contributed by atoms with Crippen LogP contribution in [-0.2, 0) is 17.8 Å². The third-order valence-corrected chi connectivity index (χ3v) is 7.68. The van der Waals surface area contributed by atoms with Crippen molar-refractivity contribution < 1.29 is 9.47 Å².